The Labute approximate surface area is 98.3 Å². The molecule has 0 saturated heterocycles. The van der Waals surface area contributed by atoms with Crippen LogP contribution in [-0.4, -0.2) is 5.91 Å². The van der Waals surface area contributed by atoms with Crippen LogP contribution in [0.2, 0.25) is 0 Å². The number of rotatable bonds is 3. The van der Waals surface area contributed by atoms with E-state index in [1.807, 2.05) is 18.2 Å². The van der Waals surface area contributed by atoms with Gasteiger partial charge in [-0.3, -0.25) is 15.6 Å². The molecule has 0 radical (unpaired) electrons. The van der Waals surface area contributed by atoms with Crippen molar-refractivity contribution in [3.63, 3.8) is 0 Å². The van der Waals surface area contributed by atoms with Gasteiger partial charge in [0.2, 0.25) is 0 Å². The molecular weight excluding hydrogens is 219 g/mol. The Morgan fingerprint density at radius 3 is 2.29 bits per heavy atom. The Bertz CT molecular complexity index is 514. The average molecular weight is 230 g/mol. The van der Waals surface area contributed by atoms with Crippen molar-refractivity contribution in [2.75, 3.05) is 5.43 Å². The Hall–Kier alpha value is -2.36. The maximum absolute atomic E-state index is 13.3. The van der Waals surface area contributed by atoms with Gasteiger partial charge in [-0.1, -0.05) is 30.3 Å². The highest BCUT2D eigenvalue weighted by Gasteiger charge is 2.09. The highest BCUT2D eigenvalue weighted by molar-refractivity contribution is 5.95. The Kier molecular flexibility index (Phi) is 3.35. The maximum Gasteiger partial charge on any atom is 0.272 e. The van der Waals surface area contributed by atoms with Gasteiger partial charge in [0.15, 0.2) is 0 Å². The quantitative estimate of drug-likeness (QED) is 0.796. The van der Waals surface area contributed by atoms with Crippen molar-refractivity contribution in [1.82, 2.24) is 5.43 Å². The molecule has 3 nitrogen and oxygen atoms in total. The zero-order valence-corrected chi connectivity index (χ0v) is 8.98. The van der Waals surface area contributed by atoms with E-state index in [1.54, 1.807) is 18.2 Å². The largest absolute Gasteiger partial charge is 0.298 e. The first kappa shape index (κ1) is 11.1. The van der Waals surface area contributed by atoms with Gasteiger partial charge in [-0.25, -0.2) is 4.39 Å². The third kappa shape index (κ3) is 2.81. The molecule has 0 aromatic heterocycles. The minimum atomic E-state index is -0.542. The van der Waals surface area contributed by atoms with Crippen LogP contribution in [-0.2, 0) is 0 Å². The van der Waals surface area contributed by atoms with E-state index in [1.165, 1.54) is 18.2 Å². The van der Waals surface area contributed by atoms with Crippen LogP contribution in [0.15, 0.2) is 54.6 Å². The minimum absolute atomic E-state index is 0.0101. The summed E-state index contributed by atoms with van der Waals surface area (Å²) in [5.41, 5.74) is 5.87. The van der Waals surface area contributed by atoms with Crippen LogP contribution in [0, 0.1) is 5.82 Å². The van der Waals surface area contributed by atoms with Gasteiger partial charge in [-0.15, -0.1) is 0 Å². The summed E-state index contributed by atoms with van der Waals surface area (Å²) in [6.07, 6.45) is 0. The van der Waals surface area contributed by atoms with Crippen molar-refractivity contribution in [3.8, 4) is 0 Å². The predicted molar refractivity (Wildman–Crippen MR) is 63.9 cm³/mol. The fourth-order valence-corrected chi connectivity index (χ4v) is 1.36. The summed E-state index contributed by atoms with van der Waals surface area (Å²) in [4.78, 5) is 11.6. The number of hydrogen-bond acceptors (Lipinski definition) is 2. The number of hydrogen-bond donors (Lipinski definition) is 2. The number of amides is 1. The summed E-state index contributed by atoms with van der Waals surface area (Å²) < 4.78 is 13.3. The molecule has 0 unspecified atom stereocenters. The number of benzene rings is 2. The van der Waals surface area contributed by atoms with E-state index in [-0.39, 0.29) is 5.56 Å². The topological polar surface area (TPSA) is 41.1 Å². The lowest BCUT2D eigenvalue weighted by Crippen LogP contribution is -2.29. The second-order valence-electron chi connectivity index (χ2n) is 3.42. The molecule has 17 heavy (non-hydrogen) atoms. The molecule has 2 rings (SSSR count). The van der Waals surface area contributed by atoms with Gasteiger partial charge in [-0.2, -0.15) is 0 Å². The molecule has 0 aliphatic carbocycles. The molecule has 0 atom stereocenters. The van der Waals surface area contributed by atoms with Gasteiger partial charge in [-0.05, 0) is 24.3 Å². The van der Waals surface area contributed by atoms with Crippen LogP contribution >= 0.6 is 0 Å². The van der Waals surface area contributed by atoms with E-state index in [0.29, 0.717) is 0 Å². The lowest BCUT2D eigenvalue weighted by molar-refractivity contribution is 0.0958. The zero-order chi connectivity index (χ0) is 12.1. The molecule has 0 aliphatic rings. The molecule has 0 fully saturated rings. The van der Waals surface area contributed by atoms with Gasteiger partial charge in [0, 0.05) is 0 Å². The fourth-order valence-electron chi connectivity index (χ4n) is 1.36. The van der Waals surface area contributed by atoms with E-state index in [9.17, 15) is 9.18 Å². The maximum atomic E-state index is 13.3. The number of carbonyl (C=O) groups is 1. The van der Waals surface area contributed by atoms with E-state index < -0.39 is 11.7 Å². The normalized spacial score (nSPS) is 9.71. The summed E-state index contributed by atoms with van der Waals surface area (Å²) in [7, 11) is 0. The van der Waals surface area contributed by atoms with Gasteiger partial charge >= 0.3 is 0 Å². The van der Waals surface area contributed by atoms with E-state index >= 15 is 0 Å². The molecule has 86 valence electrons. The van der Waals surface area contributed by atoms with Crippen molar-refractivity contribution in [2.24, 2.45) is 0 Å². The second-order valence-corrected chi connectivity index (χ2v) is 3.42. The van der Waals surface area contributed by atoms with Gasteiger partial charge < -0.3 is 0 Å². The van der Waals surface area contributed by atoms with Gasteiger partial charge in [0.05, 0.1) is 11.3 Å². The lowest BCUT2D eigenvalue weighted by Gasteiger charge is -2.08. The van der Waals surface area contributed by atoms with Crippen LogP contribution in [0.5, 0.6) is 0 Å². The lowest BCUT2D eigenvalue weighted by atomic mass is 10.2. The number of carbonyl (C=O) groups excluding carboxylic acids is 1. The molecule has 1 amide bonds. The molecule has 4 heteroatoms. The van der Waals surface area contributed by atoms with Crippen LogP contribution in [0.3, 0.4) is 0 Å². The first-order valence-electron chi connectivity index (χ1n) is 5.13. The molecule has 0 bridgehead atoms. The first-order chi connectivity index (χ1) is 8.27. The van der Waals surface area contributed by atoms with Crippen LogP contribution < -0.4 is 10.9 Å². The standard InChI is InChI=1S/C13H11FN2O/c14-12-9-5-4-8-11(12)13(17)16-15-10-6-2-1-3-7-10/h1-9,15H,(H,16,17). The summed E-state index contributed by atoms with van der Waals surface area (Å²) in [5.74, 6) is -1.05. The molecule has 2 N–H and O–H groups in total. The van der Waals surface area contributed by atoms with Crippen molar-refractivity contribution in [2.45, 2.75) is 0 Å². The molecule has 0 spiro atoms. The third-order valence-electron chi connectivity index (χ3n) is 2.21. The number of halogens is 1. The highest BCUT2D eigenvalue weighted by Crippen LogP contribution is 2.07. The van der Waals surface area contributed by atoms with E-state index in [4.69, 9.17) is 0 Å². The van der Waals surface area contributed by atoms with Crippen LogP contribution in [0.25, 0.3) is 0 Å². The van der Waals surface area contributed by atoms with Gasteiger partial charge in [0.1, 0.15) is 5.82 Å². The zero-order valence-electron chi connectivity index (χ0n) is 8.98. The number of para-hydroxylation sites is 1. The van der Waals surface area contributed by atoms with E-state index in [2.05, 4.69) is 10.9 Å². The SMILES string of the molecule is O=C(NNc1ccccc1)c1ccccc1F. The van der Waals surface area contributed by atoms with Crippen molar-refractivity contribution in [3.05, 3.63) is 66.0 Å². The smallest absolute Gasteiger partial charge is 0.272 e. The molecule has 2 aromatic carbocycles. The monoisotopic (exact) mass is 230 g/mol. The number of hydrazine groups is 1. The Morgan fingerprint density at radius 1 is 0.941 bits per heavy atom. The Morgan fingerprint density at radius 2 is 1.59 bits per heavy atom. The highest BCUT2D eigenvalue weighted by atomic mass is 19.1. The van der Waals surface area contributed by atoms with Crippen LogP contribution in [0.1, 0.15) is 10.4 Å². The summed E-state index contributed by atoms with van der Waals surface area (Å²) in [5, 5.41) is 0. The number of anilines is 1. The van der Waals surface area contributed by atoms with Crippen molar-refractivity contribution in [1.29, 1.82) is 0 Å². The van der Waals surface area contributed by atoms with Crippen molar-refractivity contribution >= 4 is 11.6 Å². The number of nitrogens with one attached hydrogen (secondary N) is 2. The van der Waals surface area contributed by atoms with Crippen molar-refractivity contribution < 1.29 is 9.18 Å². The first-order valence-corrected chi connectivity index (χ1v) is 5.13. The van der Waals surface area contributed by atoms with E-state index in [0.717, 1.165) is 5.69 Å². The van der Waals surface area contributed by atoms with Crippen LogP contribution in [0.4, 0.5) is 10.1 Å². The fraction of sp³-hybridized carbons (Fsp3) is 0. The predicted octanol–water partition coefficient (Wildman–Crippen LogP) is 2.58. The molecule has 0 aliphatic heterocycles. The van der Waals surface area contributed by atoms with Gasteiger partial charge in [0.25, 0.3) is 5.91 Å². The minimum Gasteiger partial charge on any atom is -0.298 e. The second kappa shape index (κ2) is 5.12. The summed E-state index contributed by atoms with van der Waals surface area (Å²) >= 11 is 0. The Balaban J connectivity index is 2.01. The molecule has 0 heterocycles. The molecule has 2 aromatic rings. The molecule has 0 saturated carbocycles. The summed E-state index contributed by atoms with van der Waals surface area (Å²) in [6.45, 7) is 0. The molecular formula is C13H11FN2O. The summed E-state index contributed by atoms with van der Waals surface area (Å²) in [6, 6.07) is 14.9. The third-order valence-corrected chi connectivity index (χ3v) is 2.21. The average Bonchev–Trinajstić information content (AvgIpc) is 2.38.